The van der Waals surface area contributed by atoms with E-state index in [0.29, 0.717) is 0 Å². The van der Waals surface area contributed by atoms with Crippen LogP contribution in [0.4, 0.5) is 5.69 Å². The number of carboxylic acid groups (broad SMARTS) is 1. The van der Waals surface area contributed by atoms with Gasteiger partial charge in [0, 0.05) is 15.5 Å². The average Bonchev–Trinajstić information content (AvgIpc) is 2.15. The number of rotatable bonds is 5. The normalized spacial score (nSPS) is 12.2. The number of aliphatic carboxylic acids is 1. The molecule has 0 aliphatic carbocycles. The van der Waals surface area contributed by atoms with E-state index in [1.807, 2.05) is 18.2 Å². The standard InChI is InChI=1S/C10H11Br2NO3/c11-7-2-1-3-8(12)10(7)13-5-6(14)4-9(15)16/h1-3,6,13-14H,4-5H2,(H,15,16). The van der Waals surface area contributed by atoms with Crippen LogP contribution in [0.25, 0.3) is 0 Å². The van der Waals surface area contributed by atoms with E-state index in [0.717, 1.165) is 14.6 Å². The van der Waals surface area contributed by atoms with Crippen molar-refractivity contribution >= 4 is 43.5 Å². The molecule has 1 aromatic carbocycles. The van der Waals surface area contributed by atoms with Crippen molar-refractivity contribution in [2.75, 3.05) is 11.9 Å². The number of benzene rings is 1. The van der Waals surface area contributed by atoms with Crippen LogP contribution in [0.1, 0.15) is 6.42 Å². The van der Waals surface area contributed by atoms with Crippen molar-refractivity contribution in [3.05, 3.63) is 27.1 Å². The molecule has 88 valence electrons. The first-order valence-electron chi connectivity index (χ1n) is 4.58. The number of halogens is 2. The number of hydrogen-bond donors (Lipinski definition) is 3. The highest BCUT2D eigenvalue weighted by Gasteiger charge is 2.11. The third kappa shape index (κ3) is 4.11. The second-order valence-corrected chi connectivity index (χ2v) is 4.94. The molecule has 0 heterocycles. The highest BCUT2D eigenvalue weighted by atomic mass is 79.9. The predicted molar refractivity (Wildman–Crippen MR) is 68.6 cm³/mol. The van der Waals surface area contributed by atoms with Gasteiger partial charge < -0.3 is 15.5 Å². The smallest absolute Gasteiger partial charge is 0.306 e. The zero-order valence-electron chi connectivity index (χ0n) is 8.28. The maximum atomic E-state index is 10.3. The van der Waals surface area contributed by atoms with Gasteiger partial charge in [0.15, 0.2) is 0 Å². The molecule has 1 rings (SSSR count). The summed E-state index contributed by atoms with van der Waals surface area (Å²) in [6.45, 7) is 0.188. The van der Waals surface area contributed by atoms with Crippen LogP contribution in [0.5, 0.6) is 0 Å². The molecular formula is C10H11Br2NO3. The molecule has 1 unspecified atom stereocenters. The number of carboxylic acids is 1. The quantitative estimate of drug-likeness (QED) is 0.761. The lowest BCUT2D eigenvalue weighted by Gasteiger charge is -2.13. The molecule has 4 nitrogen and oxygen atoms in total. The third-order valence-electron chi connectivity index (χ3n) is 1.89. The van der Waals surface area contributed by atoms with E-state index in [-0.39, 0.29) is 13.0 Å². The number of hydrogen-bond acceptors (Lipinski definition) is 3. The van der Waals surface area contributed by atoms with Crippen molar-refractivity contribution in [1.82, 2.24) is 0 Å². The third-order valence-corrected chi connectivity index (χ3v) is 3.21. The fourth-order valence-corrected chi connectivity index (χ4v) is 2.44. The van der Waals surface area contributed by atoms with Gasteiger partial charge in [0.1, 0.15) is 0 Å². The van der Waals surface area contributed by atoms with Gasteiger partial charge in [0.25, 0.3) is 0 Å². The van der Waals surface area contributed by atoms with Gasteiger partial charge in [-0.15, -0.1) is 0 Å². The monoisotopic (exact) mass is 351 g/mol. The number of para-hydroxylation sites is 1. The first-order valence-corrected chi connectivity index (χ1v) is 6.17. The molecule has 0 fully saturated rings. The van der Waals surface area contributed by atoms with E-state index in [1.165, 1.54) is 0 Å². The zero-order chi connectivity index (χ0) is 12.1. The van der Waals surface area contributed by atoms with Crippen molar-refractivity contribution in [3.8, 4) is 0 Å². The fourth-order valence-electron chi connectivity index (χ4n) is 1.16. The van der Waals surface area contributed by atoms with Crippen LogP contribution in [-0.2, 0) is 4.79 Å². The summed E-state index contributed by atoms with van der Waals surface area (Å²) in [5.41, 5.74) is 0.798. The molecule has 6 heteroatoms. The zero-order valence-corrected chi connectivity index (χ0v) is 11.5. The van der Waals surface area contributed by atoms with Crippen molar-refractivity contribution in [2.24, 2.45) is 0 Å². The van der Waals surface area contributed by atoms with Crippen LogP contribution in [0, 0.1) is 0 Å². The van der Waals surface area contributed by atoms with E-state index >= 15 is 0 Å². The summed E-state index contributed by atoms with van der Waals surface area (Å²) in [4.78, 5) is 10.3. The van der Waals surface area contributed by atoms with E-state index < -0.39 is 12.1 Å². The molecule has 0 spiro atoms. The minimum atomic E-state index is -1.01. The molecule has 0 aliphatic rings. The highest BCUT2D eigenvalue weighted by Crippen LogP contribution is 2.30. The summed E-state index contributed by atoms with van der Waals surface area (Å²) >= 11 is 6.72. The molecule has 3 N–H and O–H groups in total. The molecule has 1 atom stereocenters. The molecule has 0 aliphatic heterocycles. The van der Waals surface area contributed by atoms with E-state index in [2.05, 4.69) is 37.2 Å². The molecule has 16 heavy (non-hydrogen) atoms. The van der Waals surface area contributed by atoms with Crippen LogP contribution in [0.2, 0.25) is 0 Å². The van der Waals surface area contributed by atoms with Gasteiger partial charge in [-0.1, -0.05) is 6.07 Å². The number of aliphatic hydroxyl groups is 1. The highest BCUT2D eigenvalue weighted by molar-refractivity contribution is 9.11. The van der Waals surface area contributed by atoms with Gasteiger partial charge in [0.05, 0.1) is 18.2 Å². The van der Waals surface area contributed by atoms with E-state index in [1.54, 1.807) is 0 Å². The maximum Gasteiger partial charge on any atom is 0.306 e. The first-order chi connectivity index (χ1) is 7.50. The van der Waals surface area contributed by atoms with Crippen LogP contribution in [-0.4, -0.2) is 28.8 Å². The summed E-state index contributed by atoms with van der Waals surface area (Å²) in [5.74, 6) is -1.01. The number of carbonyl (C=O) groups is 1. The Bertz CT molecular complexity index is 364. The lowest BCUT2D eigenvalue weighted by Crippen LogP contribution is -2.22. The largest absolute Gasteiger partial charge is 0.481 e. The molecular weight excluding hydrogens is 342 g/mol. The number of anilines is 1. The Kier molecular flexibility index (Phi) is 5.24. The van der Waals surface area contributed by atoms with Gasteiger partial charge in [-0.2, -0.15) is 0 Å². The first kappa shape index (κ1) is 13.5. The summed E-state index contributed by atoms with van der Waals surface area (Å²) in [5, 5.41) is 20.9. The molecule has 0 amide bonds. The Hall–Kier alpha value is -0.590. The van der Waals surface area contributed by atoms with Crippen LogP contribution < -0.4 is 5.32 Å². The Morgan fingerprint density at radius 2 is 1.94 bits per heavy atom. The summed E-state index contributed by atoms with van der Waals surface area (Å²) in [6, 6.07) is 5.58. The Morgan fingerprint density at radius 3 is 2.44 bits per heavy atom. The van der Waals surface area contributed by atoms with Crippen molar-refractivity contribution in [1.29, 1.82) is 0 Å². The molecule has 0 aromatic heterocycles. The van der Waals surface area contributed by atoms with Crippen LogP contribution in [0.3, 0.4) is 0 Å². The lowest BCUT2D eigenvalue weighted by molar-refractivity contribution is -0.138. The van der Waals surface area contributed by atoms with Crippen molar-refractivity contribution < 1.29 is 15.0 Å². The molecule has 0 saturated carbocycles. The van der Waals surface area contributed by atoms with Gasteiger partial charge in [-0.25, -0.2) is 0 Å². The fraction of sp³-hybridized carbons (Fsp3) is 0.300. The molecule has 0 saturated heterocycles. The average molecular weight is 353 g/mol. The second kappa shape index (κ2) is 6.22. The van der Waals surface area contributed by atoms with Gasteiger partial charge in [-0.05, 0) is 44.0 Å². The Morgan fingerprint density at radius 1 is 1.38 bits per heavy atom. The summed E-state index contributed by atoms with van der Waals surface area (Å²) in [7, 11) is 0. The van der Waals surface area contributed by atoms with E-state index in [4.69, 9.17) is 5.11 Å². The molecule has 0 radical (unpaired) electrons. The van der Waals surface area contributed by atoms with Gasteiger partial charge >= 0.3 is 5.97 Å². The summed E-state index contributed by atoms with van der Waals surface area (Å²) in [6.07, 6.45) is -1.17. The minimum absolute atomic E-state index is 0.188. The van der Waals surface area contributed by atoms with Crippen molar-refractivity contribution in [2.45, 2.75) is 12.5 Å². The minimum Gasteiger partial charge on any atom is -0.481 e. The Labute approximate surface area is 110 Å². The van der Waals surface area contributed by atoms with Crippen LogP contribution in [0.15, 0.2) is 27.1 Å². The van der Waals surface area contributed by atoms with Crippen LogP contribution >= 0.6 is 31.9 Å². The van der Waals surface area contributed by atoms with E-state index in [9.17, 15) is 9.90 Å². The number of aliphatic hydroxyl groups excluding tert-OH is 1. The Balaban J connectivity index is 2.57. The number of nitrogens with one attached hydrogen (secondary N) is 1. The van der Waals surface area contributed by atoms with Gasteiger partial charge in [-0.3, -0.25) is 4.79 Å². The lowest BCUT2D eigenvalue weighted by atomic mass is 10.2. The SMILES string of the molecule is O=C(O)CC(O)CNc1c(Br)cccc1Br. The maximum absolute atomic E-state index is 10.3. The summed E-state index contributed by atoms with van der Waals surface area (Å²) < 4.78 is 1.70. The molecule has 1 aromatic rings. The molecule has 0 bridgehead atoms. The van der Waals surface area contributed by atoms with Gasteiger partial charge in [0.2, 0.25) is 0 Å². The predicted octanol–water partition coefficient (Wildman–Crippen LogP) is 2.46. The second-order valence-electron chi connectivity index (χ2n) is 3.23. The van der Waals surface area contributed by atoms with Crippen molar-refractivity contribution in [3.63, 3.8) is 0 Å². The topological polar surface area (TPSA) is 69.6 Å².